The lowest BCUT2D eigenvalue weighted by atomic mass is 9.70. The largest absolute Gasteiger partial charge is 0.228 e. The van der Waals surface area contributed by atoms with Crippen molar-refractivity contribution in [2.45, 2.75) is 5.41 Å². The molecule has 0 bridgehead atoms. The van der Waals surface area contributed by atoms with Gasteiger partial charge in [0.25, 0.3) is 0 Å². The van der Waals surface area contributed by atoms with Crippen molar-refractivity contribution in [2.24, 2.45) is 0 Å². The molecule has 2 aliphatic rings. The first-order valence-electron chi connectivity index (χ1n) is 18.9. The lowest BCUT2D eigenvalue weighted by Gasteiger charge is -2.30. The highest BCUT2D eigenvalue weighted by atomic mass is 14.9. The van der Waals surface area contributed by atoms with Gasteiger partial charge in [0.1, 0.15) is 0 Å². The first-order chi connectivity index (χ1) is 27.3. The van der Waals surface area contributed by atoms with Crippen LogP contribution in [0.3, 0.4) is 0 Å². The molecule has 2 heteroatoms. The predicted octanol–water partition coefficient (Wildman–Crippen LogP) is 13.2. The van der Waals surface area contributed by atoms with E-state index < -0.39 is 0 Å². The van der Waals surface area contributed by atoms with Crippen molar-refractivity contribution in [1.82, 2.24) is 9.97 Å². The van der Waals surface area contributed by atoms with Gasteiger partial charge in [-0.05, 0) is 85.0 Å². The summed E-state index contributed by atoms with van der Waals surface area (Å²) >= 11 is 0. The normalized spacial score (nSPS) is 12.9. The molecule has 11 rings (SSSR count). The molecule has 0 fully saturated rings. The topological polar surface area (TPSA) is 25.8 Å². The molecule has 256 valence electrons. The Morgan fingerprint density at radius 2 is 0.673 bits per heavy atom. The summed E-state index contributed by atoms with van der Waals surface area (Å²) in [5.74, 6) is 0.710. The fraction of sp³-hybridized carbons (Fsp3) is 0.0189. The molecule has 0 unspecified atom stereocenters. The van der Waals surface area contributed by atoms with Gasteiger partial charge in [0, 0.05) is 16.7 Å². The van der Waals surface area contributed by atoms with Crippen molar-refractivity contribution in [3.8, 4) is 78.4 Å². The SMILES string of the molecule is c1ccc(-c2ccc(-c3cc(-c4cccc(-c5ccc6c(c5)C5(c7ccccc7-c7ccccc75)c5ccccc5-6)c4)nc(-c4ccccc4)n3)cc2)cc1. The first-order valence-corrected chi connectivity index (χ1v) is 18.9. The summed E-state index contributed by atoms with van der Waals surface area (Å²) in [6, 6.07) is 74.4. The van der Waals surface area contributed by atoms with Gasteiger partial charge >= 0.3 is 0 Å². The van der Waals surface area contributed by atoms with Crippen LogP contribution < -0.4 is 0 Å². The molecule has 8 aromatic carbocycles. The van der Waals surface area contributed by atoms with Crippen LogP contribution in [0.15, 0.2) is 206 Å². The van der Waals surface area contributed by atoms with E-state index in [1.807, 2.05) is 24.3 Å². The fourth-order valence-electron chi connectivity index (χ4n) is 9.06. The average Bonchev–Trinajstić information content (AvgIpc) is 3.74. The number of nitrogens with zero attached hydrogens (tertiary/aromatic N) is 2. The Hall–Kier alpha value is -7.16. The van der Waals surface area contributed by atoms with Gasteiger partial charge in [-0.2, -0.15) is 0 Å². The lowest BCUT2D eigenvalue weighted by Crippen LogP contribution is -2.25. The molecule has 1 heterocycles. The second-order valence-electron chi connectivity index (χ2n) is 14.5. The standard InChI is InChI=1S/C53H34N2/c1-3-14-35(15-4-1)36-26-28-37(29-27-36)50-34-51(55-52(54-50)38-16-5-2-6-17-38)41-19-13-18-39(32-41)40-30-31-45-44-22-9-12-25-48(44)53(49(45)33-40)46-23-10-7-20-42(46)43-21-8-11-24-47(43)53/h1-34H. The van der Waals surface area contributed by atoms with Crippen LogP contribution in [0.25, 0.3) is 78.4 Å². The maximum Gasteiger partial charge on any atom is 0.160 e. The van der Waals surface area contributed by atoms with Crippen LogP contribution in [-0.2, 0) is 5.41 Å². The van der Waals surface area contributed by atoms with Crippen LogP contribution in [-0.4, -0.2) is 9.97 Å². The maximum atomic E-state index is 5.18. The molecule has 0 amide bonds. The van der Waals surface area contributed by atoms with Crippen LogP contribution in [0, 0.1) is 0 Å². The molecule has 0 saturated heterocycles. The zero-order valence-electron chi connectivity index (χ0n) is 30.0. The molecule has 1 aromatic heterocycles. The van der Waals surface area contributed by atoms with Crippen LogP contribution >= 0.6 is 0 Å². The van der Waals surface area contributed by atoms with E-state index >= 15 is 0 Å². The van der Waals surface area contributed by atoms with E-state index in [0.29, 0.717) is 5.82 Å². The molecule has 55 heavy (non-hydrogen) atoms. The van der Waals surface area contributed by atoms with Gasteiger partial charge in [0.15, 0.2) is 5.82 Å². The highest BCUT2D eigenvalue weighted by Gasteiger charge is 2.51. The summed E-state index contributed by atoms with van der Waals surface area (Å²) in [6.07, 6.45) is 0. The van der Waals surface area contributed by atoms with E-state index in [4.69, 9.17) is 9.97 Å². The summed E-state index contributed by atoms with van der Waals surface area (Å²) in [4.78, 5) is 10.3. The predicted molar refractivity (Wildman–Crippen MR) is 226 cm³/mol. The maximum absolute atomic E-state index is 5.18. The van der Waals surface area contributed by atoms with Crippen molar-refractivity contribution in [1.29, 1.82) is 0 Å². The minimum absolute atomic E-state index is 0.380. The smallest absolute Gasteiger partial charge is 0.160 e. The molecule has 2 nitrogen and oxygen atoms in total. The minimum Gasteiger partial charge on any atom is -0.228 e. The Bertz CT molecular complexity index is 2850. The van der Waals surface area contributed by atoms with Crippen LogP contribution in [0.2, 0.25) is 0 Å². The first kappa shape index (κ1) is 31.4. The molecule has 1 spiro atoms. The molecule has 0 radical (unpaired) electrons. The zero-order valence-corrected chi connectivity index (χ0v) is 30.0. The fourth-order valence-corrected chi connectivity index (χ4v) is 9.06. The van der Waals surface area contributed by atoms with Crippen molar-refractivity contribution < 1.29 is 0 Å². The van der Waals surface area contributed by atoms with Crippen LogP contribution in [0.5, 0.6) is 0 Å². The third kappa shape index (κ3) is 4.89. The van der Waals surface area contributed by atoms with Gasteiger partial charge < -0.3 is 0 Å². The Labute approximate surface area is 321 Å². The van der Waals surface area contributed by atoms with E-state index in [-0.39, 0.29) is 5.41 Å². The van der Waals surface area contributed by atoms with E-state index in [9.17, 15) is 0 Å². The minimum atomic E-state index is -0.380. The second-order valence-corrected chi connectivity index (χ2v) is 14.5. The third-order valence-corrected chi connectivity index (χ3v) is 11.5. The number of hydrogen-bond acceptors (Lipinski definition) is 2. The monoisotopic (exact) mass is 698 g/mol. The molecule has 9 aromatic rings. The van der Waals surface area contributed by atoms with E-state index in [1.54, 1.807) is 0 Å². The van der Waals surface area contributed by atoms with Gasteiger partial charge in [-0.3, -0.25) is 0 Å². The summed E-state index contributed by atoms with van der Waals surface area (Å²) in [5.41, 5.74) is 19.8. The van der Waals surface area contributed by atoms with E-state index in [1.165, 1.54) is 61.2 Å². The van der Waals surface area contributed by atoms with Crippen LogP contribution in [0.1, 0.15) is 22.3 Å². The Balaban J connectivity index is 1.05. The Morgan fingerprint density at radius 3 is 1.29 bits per heavy atom. The lowest BCUT2D eigenvalue weighted by molar-refractivity contribution is 0.794. The van der Waals surface area contributed by atoms with Crippen LogP contribution in [0.4, 0.5) is 0 Å². The molecule has 0 aliphatic heterocycles. The molecular formula is C53H34N2. The van der Waals surface area contributed by atoms with Crippen molar-refractivity contribution >= 4 is 0 Å². The van der Waals surface area contributed by atoms with Gasteiger partial charge in [0.2, 0.25) is 0 Å². The number of hydrogen-bond donors (Lipinski definition) is 0. The van der Waals surface area contributed by atoms with Crippen molar-refractivity contribution in [3.63, 3.8) is 0 Å². The van der Waals surface area contributed by atoms with Gasteiger partial charge in [0.05, 0.1) is 16.8 Å². The Kier molecular flexibility index (Phi) is 7.11. The number of benzene rings is 8. The highest BCUT2D eigenvalue weighted by molar-refractivity contribution is 5.96. The van der Waals surface area contributed by atoms with E-state index in [2.05, 4.69) is 182 Å². The summed E-state index contributed by atoms with van der Waals surface area (Å²) in [7, 11) is 0. The third-order valence-electron chi connectivity index (χ3n) is 11.5. The zero-order chi connectivity index (χ0) is 36.3. The Morgan fingerprint density at radius 1 is 0.255 bits per heavy atom. The van der Waals surface area contributed by atoms with Gasteiger partial charge in [-0.15, -0.1) is 0 Å². The molecular weight excluding hydrogens is 665 g/mol. The molecule has 0 N–H and O–H groups in total. The average molecular weight is 699 g/mol. The van der Waals surface area contributed by atoms with Crippen molar-refractivity contribution in [2.75, 3.05) is 0 Å². The quantitative estimate of drug-likeness (QED) is 0.179. The van der Waals surface area contributed by atoms with Gasteiger partial charge in [-0.1, -0.05) is 188 Å². The number of rotatable bonds is 5. The number of fused-ring (bicyclic) bond motifs is 10. The molecule has 0 saturated carbocycles. The summed E-state index contributed by atoms with van der Waals surface area (Å²) in [6.45, 7) is 0. The summed E-state index contributed by atoms with van der Waals surface area (Å²) in [5, 5.41) is 0. The number of aromatic nitrogens is 2. The van der Waals surface area contributed by atoms with Gasteiger partial charge in [-0.25, -0.2) is 9.97 Å². The highest BCUT2D eigenvalue weighted by Crippen LogP contribution is 2.63. The second kappa shape index (κ2) is 12.5. The summed E-state index contributed by atoms with van der Waals surface area (Å²) < 4.78 is 0. The van der Waals surface area contributed by atoms with Crippen molar-refractivity contribution in [3.05, 3.63) is 229 Å². The van der Waals surface area contributed by atoms with E-state index in [0.717, 1.165) is 33.6 Å². The molecule has 2 aliphatic carbocycles. The molecule has 0 atom stereocenters.